The van der Waals surface area contributed by atoms with E-state index in [1.165, 1.54) is 162 Å². The molecule has 137 heavy (non-hydrogen) atoms. The second-order valence-corrected chi connectivity index (χ2v) is 41.3. The third kappa shape index (κ3) is 36.3. The van der Waals surface area contributed by atoms with Gasteiger partial charge in [-0.3, -0.25) is 110 Å². The molecule has 0 saturated carbocycles. The van der Waals surface area contributed by atoms with Crippen molar-refractivity contribution in [2.24, 2.45) is 35.0 Å². The van der Waals surface area contributed by atoms with Crippen LogP contribution in [0.5, 0.6) is 0 Å². The van der Waals surface area contributed by atoms with E-state index in [1.54, 1.807) is 27.7 Å². The summed E-state index contributed by atoms with van der Waals surface area (Å²) in [7, 11) is 0. The number of amides is 23. The highest BCUT2D eigenvalue weighted by atomic mass is 16.3. The highest BCUT2D eigenvalue weighted by Crippen LogP contribution is 2.27. The lowest BCUT2D eigenvalue weighted by molar-refractivity contribution is -0.146. The molecule has 25 N–H and O–H groups in total. The van der Waals surface area contributed by atoms with E-state index in [-0.39, 0.29) is 64.0 Å². The molecule has 0 aromatic carbocycles. The van der Waals surface area contributed by atoms with Crippen molar-refractivity contribution in [3.63, 3.8) is 0 Å². The van der Waals surface area contributed by atoms with E-state index in [0.717, 1.165) is 0 Å². The molecule has 0 aromatic rings. The molecule has 0 aliphatic carbocycles. The summed E-state index contributed by atoms with van der Waals surface area (Å²) in [5, 5.41) is 56.0. The minimum Gasteiger partial charge on any atom is -0.394 e. The van der Waals surface area contributed by atoms with Gasteiger partial charge in [-0.15, -0.1) is 0 Å². The SMILES string of the molecule is CC[C@H](C)[C@H](NC(=O)C(C)(C)NC(=O)[C@H](CCC(N)=O)NC(=O)C(C)(C)NC(=O)C(C)(C)NC(=O)[C@H](C)NC(=O)C(C)(C)NC(=O)[C@@H]1CCCN1C(=O)C(C)(C)NC(C)=O)C(=O)NC(C)(C)C(=O)NCC(=O)NC(C)(C)C(=O)NC(C)(C)C(=O)N1CCC[C@H]1C(=O)N[C@H](C(=O)NC(C)(C)C(=O)N[C@@](C)(CC)C(=O)N[C@@H](CCC(N)=O)C(=O)N[C@@H](CCC(N)=O)C(=O)N[C@H](CO)CC(C)C)C(C)C. The summed E-state index contributed by atoms with van der Waals surface area (Å²) in [6.07, 6.45) is -0.680. The number of primary amides is 3. The smallest absolute Gasteiger partial charge is 0.248 e. The van der Waals surface area contributed by atoms with E-state index in [2.05, 4.69) is 95.7 Å². The Kier molecular flexibility index (Phi) is 43.8. The Morgan fingerprint density at radius 1 is 0.365 bits per heavy atom. The van der Waals surface area contributed by atoms with Crippen molar-refractivity contribution in [3.05, 3.63) is 0 Å². The van der Waals surface area contributed by atoms with Crippen LogP contribution in [0.3, 0.4) is 0 Å². The number of likely N-dealkylation sites (tertiary alicyclic amines) is 2. The fraction of sp³-hybridized carbons (Fsp3) is 0.744. The molecule has 0 bridgehead atoms. The average Bonchev–Trinajstić information content (AvgIpc) is 1.71. The van der Waals surface area contributed by atoms with Gasteiger partial charge >= 0.3 is 0 Å². The van der Waals surface area contributed by atoms with Crippen molar-refractivity contribution in [3.8, 4) is 0 Å². The van der Waals surface area contributed by atoms with Crippen molar-refractivity contribution >= 4 is 136 Å². The molecule has 2 heterocycles. The summed E-state index contributed by atoms with van der Waals surface area (Å²) in [5.74, 6) is -20.6. The van der Waals surface area contributed by atoms with Crippen LogP contribution < -0.4 is 113 Å². The van der Waals surface area contributed by atoms with Crippen molar-refractivity contribution < 1.29 is 115 Å². The van der Waals surface area contributed by atoms with Crippen molar-refractivity contribution in [2.75, 3.05) is 26.2 Å². The molecule has 11 atom stereocenters. The van der Waals surface area contributed by atoms with Gasteiger partial charge in [-0.2, -0.15) is 0 Å². The van der Waals surface area contributed by atoms with Crippen LogP contribution in [0.15, 0.2) is 0 Å². The lowest BCUT2D eigenvalue weighted by Crippen LogP contribution is -2.67. The van der Waals surface area contributed by atoms with Gasteiger partial charge in [-0.25, -0.2) is 0 Å². The van der Waals surface area contributed by atoms with E-state index in [0.29, 0.717) is 19.3 Å². The maximum atomic E-state index is 14.5. The van der Waals surface area contributed by atoms with Crippen LogP contribution in [0.25, 0.3) is 0 Å². The van der Waals surface area contributed by atoms with Gasteiger partial charge in [-0.05, 0) is 214 Å². The molecule has 2 fully saturated rings. The van der Waals surface area contributed by atoms with Gasteiger partial charge in [0.05, 0.1) is 19.2 Å². The quantitative estimate of drug-likeness (QED) is 0.0272. The maximum Gasteiger partial charge on any atom is 0.248 e. The van der Waals surface area contributed by atoms with Crippen LogP contribution in [-0.4, -0.2) is 287 Å². The minimum absolute atomic E-state index is 0.0256. The molecule has 0 radical (unpaired) electrons. The Morgan fingerprint density at radius 3 is 1.18 bits per heavy atom. The third-order valence-corrected chi connectivity index (χ3v) is 23.7. The summed E-state index contributed by atoms with van der Waals surface area (Å²) < 4.78 is 0. The molecular formula is C90H155N23O24. The van der Waals surface area contributed by atoms with Crippen LogP contribution in [0.1, 0.15) is 277 Å². The second kappa shape index (κ2) is 49.7. The predicted octanol–water partition coefficient (Wildman–Crippen LogP) is -4.61. The van der Waals surface area contributed by atoms with Gasteiger partial charge in [0.1, 0.15) is 104 Å². The number of nitrogens with one attached hydrogen (secondary N) is 18. The van der Waals surface area contributed by atoms with Gasteiger partial charge < -0.3 is 128 Å². The first-order valence-corrected chi connectivity index (χ1v) is 46.1. The molecule has 2 rings (SSSR count). The number of carbonyl (C=O) groups excluding carboxylic acids is 23. The molecule has 0 spiro atoms. The van der Waals surface area contributed by atoms with Crippen molar-refractivity contribution in [1.82, 2.24) is 106 Å². The molecule has 2 saturated heterocycles. The first kappa shape index (κ1) is 121. The van der Waals surface area contributed by atoms with E-state index in [1.807, 2.05) is 13.8 Å². The topological polar surface area (TPSA) is 714 Å². The predicted molar refractivity (Wildman–Crippen MR) is 500 cm³/mol. The lowest BCUT2D eigenvalue weighted by Gasteiger charge is -2.37. The number of carbonyl (C=O) groups is 23. The van der Waals surface area contributed by atoms with Gasteiger partial charge in [0, 0.05) is 39.3 Å². The van der Waals surface area contributed by atoms with Gasteiger partial charge in [0.2, 0.25) is 136 Å². The molecule has 47 heteroatoms. The number of hydrogen-bond acceptors (Lipinski definition) is 24. The highest BCUT2D eigenvalue weighted by molar-refractivity contribution is 6.05. The standard InChI is InChI=1S/C90H155N23O24/c1-29-48(7)62(101-74(131)83(14,15)105-66(123)54(37-40-59(93)118)98-73(130)84(16,17)109-76(133)86(20,21)104-63(120)49(8)95-72(129)82(12,13)106-68(125)56-34-32-42-113(56)79(136)88(24,25)102-50(9)115)70(127)108-81(10,11)71(128)94-44-60(119)103-85(18,19)75(132)110-89(26,27)80(137)112-41-31-33-55(112)67(124)100-61(47(5)6)69(126)107-87(22,23)77(134)111-90(28,30-2)78(135)99-53(36-39-58(92)117)65(122)97-52(35-38-57(91)116)64(121)96-51(45-114)43-46(3)4/h46-49,51-56,61-62,114H,29-45H2,1-28H3,(H2,91,116)(H2,92,117)(H2,93,118)(H,94,128)(H,95,129)(H,96,121)(H,97,122)(H,98,130)(H,99,135)(H,100,124)(H,101,131)(H,102,115)(H,103,119)(H,104,120)(H,105,123)(H,106,125)(H,107,126)(H,108,127)(H,109,133)(H,110,132)(H,111,134)/t48-,49-,51-,52-,53-,54-,55-,56-,61-,62-,90-/m0/s1. The summed E-state index contributed by atoms with van der Waals surface area (Å²) >= 11 is 0. The number of nitrogens with zero attached hydrogens (tertiary/aromatic N) is 2. The van der Waals surface area contributed by atoms with Gasteiger partial charge in [-0.1, -0.05) is 54.9 Å². The van der Waals surface area contributed by atoms with E-state index in [4.69, 9.17) is 17.2 Å². The Morgan fingerprint density at radius 2 is 0.730 bits per heavy atom. The Hall–Kier alpha value is -12.2. The molecule has 23 amide bonds. The van der Waals surface area contributed by atoms with Gasteiger partial charge in [0.25, 0.3) is 0 Å². The Bertz CT molecular complexity index is 4500. The molecule has 774 valence electrons. The fourth-order valence-corrected chi connectivity index (χ4v) is 14.5. The highest BCUT2D eigenvalue weighted by Gasteiger charge is 2.50. The molecule has 47 nitrogen and oxygen atoms in total. The Labute approximate surface area is 801 Å². The molecule has 0 unspecified atom stereocenters. The van der Waals surface area contributed by atoms with Gasteiger partial charge in [0.15, 0.2) is 0 Å². The largest absolute Gasteiger partial charge is 0.394 e. The zero-order valence-electron chi connectivity index (χ0n) is 84.9. The van der Waals surface area contributed by atoms with E-state index < -0.39 is 290 Å². The Balaban J connectivity index is 2.18. The molecule has 0 aromatic heterocycles. The number of aliphatic hydroxyl groups is 1. The fourth-order valence-electron chi connectivity index (χ4n) is 14.5. The van der Waals surface area contributed by atoms with Crippen LogP contribution in [-0.2, 0) is 110 Å². The van der Waals surface area contributed by atoms with Crippen LogP contribution in [0.2, 0.25) is 0 Å². The van der Waals surface area contributed by atoms with Crippen LogP contribution >= 0.6 is 0 Å². The number of nitrogens with two attached hydrogens (primary N) is 3. The molecule has 2 aliphatic heterocycles. The number of rotatable bonds is 53. The van der Waals surface area contributed by atoms with Crippen LogP contribution in [0, 0.1) is 17.8 Å². The molecular weight excluding hydrogens is 1790 g/mol. The first-order chi connectivity index (χ1) is 62.4. The first-order valence-electron chi connectivity index (χ1n) is 46.1. The normalized spacial score (nSPS) is 16.6. The summed E-state index contributed by atoms with van der Waals surface area (Å²) in [6, 6.07) is -11.5. The number of aliphatic hydroxyl groups excluding tert-OH is 1. The average molecular weight is 1940 g/mol. The van der Waals surface area contributed by atoms with Crippen molar-refractivity contribution in [2.45, 2.75) is 387 Å². The third-order valence-electron chi connectivity index (χ3n) is 23.7. The lowest BCUT2D eigenvalue weighted by atomic mass is 9.93. The second-order valence-electron chi connectivity index (χ2n) is 41.3. The summed E-state index contributed by atoms with van der Waals surface area (Å²) in [5.41, 5.74) is -1.45. The minimum atomic E-state index is -1.92. The van der Waals surface area contributed by atoms with Crippen LogP contribution in [0.4, 0.5) is 0 Å². The summed E-state index contributed by atoms with van der Waals surface area (Å²) in [4.78, 5) is 316. The van der Waals surface area contributed by atoms with Crippen molar-refractivity contribution in [1.29, 1.82) is 0 Å². The number of hydrogen-bond donors (Lipinski definition) is 22. The zero-order chi connectivity index (χ0) is 106. The maximum absolute atomic E-state index is 14.5. The zero-order valence-corrected chi connectivity index (χ0v) is 84.9. The van der Waals surface area contributed by atoms with E-state index >= 15 is 0 Å². The monoisotopic (exact) mass is 1940 g/mol. The van der Waals surface area contributed by atoms with E-state index in [9.17, 15) is 115 Å². The molecule has 2 aliphatic rings. The summed E-state index contributed by atoms with van der Waals surface area (Å²) in [6.45, 7) is 38.6.